The number of hydrogen-bond acceptors (Lipinski definition) is 6. The largest absolute Gasteiger partial charge is 0.469 e. The molecule has 1 aliphatic rings. The maximum absolute atomic E-state index is 12.5. The number of rotatable bonds is 7. The molecule has 0 spiro atoms. The standard InChI is InChI=1S/C20H23N3O4S/c1-13-5-7-14(8-6-13)16(11-19(26)27-2)22-17(24)10-15-12-28-20(21-15)23-9-3-4-18(23)25/h5-8,12,16H,3-4,9-11H2,1-2H3,(H,22,24). The van der Waals surface area contributed by atoms with Crippen LogP contribution in [0, 0.1) is 6.92 Å². The van der Waals surface area contributed by atoms with Crippen molar-refractivity contribution in [3.63, 3.8) is 0 Å². The Bertz CT molecular complexity index is 863. The van der Waals surface area contributed by atoms with Gasteiger partial charge in [-0.2, -0.15) is 0 Å². The van der Waals surface area contributed by atoms with Crippen molar-refractivity contribution in [3.05, 3.63) is 46.5 Å². The molecule has 0 bridgehead atoms. The number of ether oxygens (including phenoxy) is 1. The Morgan fingerprint density at radius 1 is 1.32 bits per heavy atom. The maximum Gasteiger partial charge on any atom is 0.307 e. The van der Waals surface area contributed by atoms with E-state index >= 15 is 0 Å². The second-order valence-electron chi connectivity index (χ2n) is 6.76. The first-order valence-corrected chi connectivity index (χ1v) is 10.0. The molecule has 1 aliphatic heterocycles. The normalized spacial score (nSPS) is 14.8. The van der Waals surface area contributed by atoms with Crippen molar-refractivity contribution in [2.24, 2.45) is 0 Å². The number of nitrogens with zero attached hydrogens (tertiary/aromatic N) is 2. The van der Waals surface area contributed by atoms with Crippen LogP contribution in [0.25, 0.3) is 0 Å². The molecule has 28 heavy (non-hydrogen) atoms. The van der Waals surface area contributed by atoms with E-state index in [-0.39, 0.29) is 24.7 Å². The highest BCUT2D eigenvalue weighted by Crippen LogP contribution is 2.25. The molecule has 1 aromatic heterocycles. The topological polar surface area (TPSA) is 88.6 Å². The summed E-state index contributed by atoms with van der Waals surface area (Å²) in [6, 6.07) is 7.18. The highest BCUT2D eigenvalue weighted by Gasteiger charge is 2.25. The summed E-state index contributed by atoms with van der Waals surface area (Å²) in [5.74, 6) is -0.559. The summed E-state index contributed by atoms with van der Waals surface area (Å²) in [4.78, 5) is 42.2. The first-order chi connectivity index (χ1) is 13.5. The van der Waals surface area contributed by atoms with E-state index < -0.39 is 12.0 Å². The average Bonchev–Trinajstić information content (AvgIpc) is 3.30. The molecule has 1 aromatic carbocycles. The quantitative estimate of drug-likeness (QED) is 0.721. The van der Waals surface area contributed by atoms with Crippen molar-refractivity contribution < 1.29 is 19.1 Å². The number of benzene rings is 1. The molecular weight excluding hydrogens is 378 g/mol. The van der Waals surface area contributed by atoms with Crippen LogP contribution in [-0.2, 0) is 25.5 Å². The minimum Gasteiger partial charge on any atom is -0.469 e. The molecule has 1 saturated heterocycles. The van der Waals surface area contributed by atoms with Gasteiger partial charge in [-0.1, -0.05) is 29.8 Å². The van der Waals surface area contributed by atoms with Gasteiger partial charge in [-0.25, -0.2) is 4.98 Å². The summed E-state index contributed by atoms with van der Waals surface area (Å²) >= 11 is 1.36. The summed E-state index contributed by atoms with van der Waals surface area (Å²) in [5, 5.41) is 5.33. The lowest BCUT2D eigenvalue weighted by Crippen LogP contribution is -2.31. The number of thiazole rings is 1. The van der Waals surface area contributed by atoms with Gasteiger partial charge in [-0.3, -0.25) is 19.3 Å². The van der Waals surface area contributed by atoms with E-state index in [1.807, 2.05) is 31.2 Å². The monoisotopic (exact) mass is 401 g/mol. The van der Waals surface area contributed by atoms with Crippen LogP contribution in [0.1, 0.15) is 42.1 Å². The summed E-state index contributed by atoms with van der Waals surface area (Å²) in [6.07, 6.45) is 1.51. The predicted molar refractivity (Wildman–Crippen MR) is 106 cm³/mol. The van der Waals surface area contributed by atoms with Crippen LogP contribution in [0.15, 0.2) is 29.6 Å². The average molecular weight is 401 g/mol. The molecule has 2 amide bonds. The van der Waals surface area contributed by atoms with Crippen molar-refractivity contribution in [1.29, 1.82) is 0 Å². The fraction of sp³-hybridized carbons (Fsp3) is 0.400. The van der Waals surface area contributed by atoms with Gasteiger partial charge in [0.1, 0.15) is 0 Å². The molecule has 2 aromatic rings. The SMILES string of the molecule is COC(=O)CC(NC(=O)Cc1csc(N2CCCC2=O)n1)c1ccc(C)cc1. The van der Waals surface area contributed by atoms with E-state index in [0.29, 0.717) is 23.8 Å². The molecule has 7 nitrogen and oxygen atoms in total. The fourth-order valence-electron chi connectivity index (χ4n) is 3.06. The highest BCUT2D eigenvalue weighted by molar-refractivity contribution is 7.14. The van der Waals surface area contributed by atoms with E-state index in [0.717, 1.165) is 17.5 Å². The third-order valence-electron chi connectivity index (χ3n) is 4.60. The lowest BCUT2D eigenvalue weighted by atomic mass is 10.0. The van der Waals surface area contributed by atoms with Crippen molar-refractivity contribution in [2.75, 3.05) is 18.6 Å². The lowest BCUT2D eigenvalue weighted by Gasteiger charge is -2.18. The molecule has 1 N–H and O–H groups in total. The Labute approximate surface area is 167 Å². The van der Waals surface area contributed by atoms with Gasteiger partial charge in [0.25, 0.3) is 0 Å². The summed E-state index contributed by atoms with van der Waals surface area (Å²) < 4.78 is 4.76. The Balaban J connectivity index is 1.66. The number of anilines is 1. The third-order valence-corrected chi connectivity index (χ3v) is 5.51. The third kappa shape index (κ3) is 4.95. The molecule has 3 rings (SSSR count). The van der Waals surface area contributed by atoms with Gasteiger partial charge in [-0.15, -0.1) is 11.3 Å². The number of nitrogens with one attached hydrogen (secondary N) is 1. The Morgan fingerprint density at radius 2 is 2.07 bits per heavy atom. The van der Waals surface area contributed by atoms with Gasteiger partial charge in [0.15, 0.2) is 5.13 Å². The lowest BCUT2D eigenvalue weighted by molar-refractivity contribution is -0.141. The fourth-order valence-corrected chi connectivity index (χ4v) is 3.93. The Morgan fingerprint density at radius 3 is 2.71 bits per heavy atom. The zero-order valence-electron chi connectivity index (χ0n) is 15.9. The van der Waals surface area contributed by atoms with E-state index in [9.17, 15) is 14.4 Å². The van der Waals surface area contributed by atoms with E-state index in [1.165, 1.54) is 18.4 Å². The molecule has 0 saturated carbocycles. The molecular formula is C20H23N3O4S. The number of esters is 1. The van der Waals surface area contributed by atoms with E-state index in [1.54, 1.807) is 10.3 Å². The molecule has 1 atom stereocenters. The van der Waals surface area contributed by atoms with E-state index in [2.05, 4.69) is 10.3 Å². The molecule has 0 radical (unpaired) electrons. The van der Waals surface area contributed by atoms with Gasteiger partial charge in [0.05, 0.1) is 31.7 Å². The van der Waals surface area contributed by atoms with Crippen LogP contribution in [0.2, 0.25) is 0 Å². The van der Waals surface area contributed by atoms with Crippen LogP contribution in [0.5, 0.6) is 0 Å². The van der Waals surface area contributed by atoms with Gasteiger partial charge in [-0.05, 0) is 18.9 Å². The van der Waals surface area contributed by atoms with Crippen LogP contribution >= 0.6 is 11.3 Å². The maximum atomic E-state index is 12.5. The van der Waals surface area contributed by atoms with Crippen molar-refractivity contribution in [3.8, 4) is 0 Å². The number of amides is 2. The van der Waals surface area contributed by atoms with Gasteiger partial charge >= 0.3 is 5.97 Å². The van der Waals surface area contributed by atoms with Crippen LogP contribution in [0.4, 0.5) is 5.13 Å². The molecule has 2 heterocycles. The first kappa shape index (κ1) is 20.0. The minimum absolute atomic E-state index is 0.0515. The zero-order chi connectivity index (χ0) is 20.1. The summed E-state index contributed by atoms with van der Waals surface area (Å²) in [6.45, 7) is 2.65. The molecule has 148 valence electrons. The predicted octanol–water partition coefficient (Wildman–Crippen LogP) is 2.54. The molecule has 8 heteroatoms. The molecule has 0 aliphatic carbocycles. The Hall–Kier alpha value is -2.74. The highest BCUT2D eigenvalue weighted by atomic mass is 32.1. The first-order valence-electron chi connectivity index (χ1n) is 9.14. The zero-order valence-corrected chi connectivity index (χ0v) is 16.8. The number of methoxy groups -OCH3 is 1. The number of aryl methyl sites for hydroxylation is 1. The van der Waals surface area contributed by atoms with Crippen LogP contribution in [0.3, 0.4) is 0 Å². The Kier molecular flexibility index (Phi) is 6.41. The van der Waals surface area contributed by atoms with Crippen molar-refractivity contribution in [2.45, 2.75) is 38.6 Å². The van der Waals surface area contributed by atoms with Gasteiger partial charge < -0.3 is 10.1 Å². The summed E-state index contributed by atoms with van der Waals surface area (Å²) in [7, 11) is 1.33. The van der Waals surface area contributed by atoms with Crippen LogP contribution < -0.4 is 10.2 Å². The number of carbonyl (C=O) groups excluding carboxylic acids is 3. The molecule has 1 unspecified atom stereocenters. The summed E-state index contributed by atoms with van der Waals surface area (Å²) in [5.41, 5.74) is 2.54. The minimum atomic E-state index is -0.473. The van der Waals surface area contributed by atoms with Crippen LogP contribution in [-0.4, -0.2) is 36.4 Å². The molecule has 1 fully saturated rings. The van der Waals surface area contributed by atoms with E-state index in [4.69, 9.17) is 4.74 Å². The van der Waals surface area contributed by atoms with Crippen molar-refractivity contribution in [1.82, 2.24) is 10.3 Å². The smallest absolute Gasteiger partial charge is 0.307 e. The number of hydrogen-bond donors (Lipinski definition) is 1. The number of carbonyl (C=O) groups is 3. The van der Waals surface area contributed by atoms with Crippen molar-refractivity contribution >= 4 is 34.3 Å². The second-order valence-corrected chi connectivity index (χ2v) is 7.59. The van der Waals surface area contributed by atoms with Gasteiger partial charge in [0, 0.05) is 18.3 Å². The van der Waals surface area contributed by atoms with Gasteiger partial charge in [0.2, 0.25) is 11.8 Å². The number of aromatic nitrogens is 1. The second kappa shape index (κ2) is 8.97.